The van der Waals surface area contributed by atoms with Crippen molar-refractivity contribution in [3.8, 4) is 5.88 Å². The van der Waals surface area contributed by atoms with Crippen LogP contribution in [0.4, 0.5) is 0 Å². The van der Waals surface area contributed by atoms with Crippen LogP contribution in [0.5, 0.6) is 5.88 Å². The number of nitrogens with zero attached hydrogens (tertiary/aromatic N) is 1. The first-order valence-corrected chi connectivity index (χ1v) is 6.89. The van der Waals surface area contributed by atoms with Crippen molar-refractivity contribution in [2.75, 3.05) is 6.61 Å². The van der Waals surface area contributed by atoms with Crippen molar-refractivity contribution >= 4 is 18.6 Å². The number of aromatic carboxylic acids is 1. The lowest BCUT2D eigenvalue weighted by atomic mass is 9.79. The van der Waals surface area contributed by atoms with Crippen molar-refractivity contribution in [3.05, 3.63) is 17.8 Å². The third-order valence-electron chi connectivity index (χ3n) is 3.91. The van der Waals surface area contributed by atoms with E-state index >= 15 is 0 Å². The fraction of sp³-hybridized carbons (Fsp3) is 0.571. The first-order valence-electron chi connectivity index (χ1n) is 6.89. The van der Waals surface area contributed by atoms with Crippen LogP contribution in [0.2, 0.25) is 0 Å². The molecule has 0 atom stereocenters. The molecule has 1 aliphatic heterocycles. The van der Waals surface area contributed by atoms with Gasteiger partial charge in [-0.2, -0.15) is 0 Å². The van der Waals surface area contributed by atoms with Gasteiger partial charge in [0.05, 0.1) is 17.8 Å². The zero-order chi connectivity index (χ0) is 15.8. The lowest BCUT2D eigenvalue weighted by Gasteiger charge is -2.32. The summed E-state index contributed by atoms with van der Waals surface area (Å²) in [7, 11) is -0.642. The van der Waals surface area contributed by atoms with Crippen LogP contribution in [0.15, 0.2) is 12.3 Å². The van der Waals surface area contributed by atoms with E-state index in [4.69, 9.17) is 14.0 Å². The standard InChI is InChI=1S/C14H20BNO5/c1-6-19-11-10(12(17)18)7-9(8-16-11)15-20-13(2,3)14(4,5)21-15/h7-8H,6H2,1-5H3,(H,17,18). The fourth-order valence-electron chi connectivity index (χ4n) is 1.98. The van der Waals surface area contributed by atoms with E-state index in [1.165, 1.54) is 12.3 Å². The predicted molar refractivity (Wildman–Crippen MR) is 78.1 cm³/mol. The van der Waals surface area contributed by atoms with E-state index in [1.54, 1.807) is 6.92 Å². The maximum absolute atomic E-state index is 11.3. The van der Waals surface area contributed by atoms with Gasteiger partial charge in [0.1, 0.15) is 5.56 Å². The van der Waals surface area contributed by atoms with Crippen molar-refractivity contribution in [2.45, 2.75) is 45.8 Å². The van der Waals surface area contributed by atoms with E-state index in [9.17, 15) is 9.90 Å². The summed E-state index contributed by atoms with van der Waals surface area (Å²) in [6.07, 6.45) is 1.53. The molecule has 0 radical (unpaired) electrons. The normalized spacial score (nSPS) is 19.6. The summed E-state index contributed by atoms with van der Waals surface area (Å²) in [5.74, 6) is -0.991. The summed E-state index contributed by atoms with van der Waals surface area (Å²) in [4.78, 5) is 15.4. The Kier molecular flexibility index (Phi) is 3.99. The first-order chi connectivity index (χ1) is 9.68. The topological polar surface area (TPSA) is 77.9 Å². The summed E-state index contributed by atoms with van der Waals surface area (Å²) >= 11 is 0. The predicted octanol–water partition coefficient (Wildman–Crippen LogP) is 1.48. The monoisotopic (exact) mass is 293 g/mol. The number of ether oxygens (including phenoxy) is 1. The minimum Gasteiger partial charge on any atom is -0.477 e. The quantitative estimate of drug-likeness (QED) is 0.847. The molecule has 0 aliphatic carbocycles. The smallest absolute Gasteiger partial charge is 0.477 e. The molecule has 0 spiro atoms. The fourth-order valence-corrected chi connectivity index (χ4v) is 1.98. The number of hydrogen-bond donors (Lipinski definition) is 1. The molecule has 2 rings (SSSR count). The van der Waals surface area contributed by atoms with Crippen molar-refractivity contribution in [2.24, 2.45) is 0 Å². The summed E-state index contributed by atoms with van der Waals surface area (Å²) in [6, 6.07) is 1.49. The number of carboxylic acid groups (broad SMARTS) is 1. The average Bonchev–Trinajstić information content (AvgIpc) is 2.59. The summed E-state index contributed by atoms with van der Waals surface area (Å²) in [6.45, 7) is 9.87. The number of hydrogen-bond acceptors (Lipinski definition) is 5. The number of rotatable bonds is 4. The maximum Gasteiger partial charge on any atom is 0.496 e. The van der Waals surface area contributed by atoms with Crippen LogP contribution < -0.4 is 10.2 Å². The lowest BCUT2D eigenvalue weighted by molar-refractivity contribution is 0.00578. The van der Waals surface area contributed by atoms with E-state index in [-0.39, 0.29) is 11.4 Å². The first kappa shape index (κ1) is 15.8. The van der Waals surface area contributed by atoms with Crippen LogP contribution in [0, 0.1) is 0 Å². The number of pyridine rings is 1. The highest BCUT2D eigenvalue weighted by molar-refractivity contribution is 6.62. The van der Waals surface area contributed by atoms with Crippen molar-refractivity contribution < 1.29 is 23.9 Å². The van der Waals surface area contributed by atoms with Gasteiger partial charge in [-0.05, 0) is 40.7 Å². The molecule has 1 aliphatic rings. The highest BCUT2D eigenvalue weighted by Gasteiger charge is 2.52. The molecule has 0 saturated carbocycles. The zero-order valence-corrected chi connectivity index (χ0v) is 13.0. The molecular formula is C14H20BNO5. The second kappa shape index (κ2) is 5.31. The van der Waals surface area contributed by atoms with E-state index in [1.807, 2.05) is 27.7 Å². The van der Waals surface area contributed by atoms with E-state index in [2.05, 4.69) is 4.98 Å². The second-order valence-electron chi connectivity index (χ2n) is 5.95. The lowest BCUT2D eigenvalue weighted by Crippen LogP contribution is -2.41. The summed E-state index contributed by atoms with van der Waals surface area (Å²) < 4.78 is 17.0. The highest BCUT2D eigenvalue weighted by Crippen LogP contribution is 2.36. The van der Waals surface area contributed by atoms with Gasteiger partial charge in [0.2, 0.25) is 5.88 Å². The van der Waals surface area contributed by atoms with Crippen LogP contribution in [0.25, 0.3) is 0 Å². The molecule has 1 saturated heterocycles. The van der Waals surface area contributed by atoms with Gasteiger partial charge in [0.25, 0.3) is 0 Å². The van der Waals surface area contributed by atoms with Gasteiger partial charge < -0.3 is 19.2 Å². The van der Waals surface area contributed by atoms with Gasteiger partial charge in [-0.3, -0.25) is 0 Å². The molecule has 0 aromatic carbocycles. The maximum atomic E-state index is 11.3. The molecular weight excluding hydrogens is 273 g/mol. The minimum absolute atomic E-state index is 0.00376. The molecule has 1 aromatic heterocycles. The van der Waals surface area contributed by atoms with Crippen LogP contribution in [0.3, 0.4) is 0 Å². The van der Waals surface area contributed by atoms with Gasteiger partial charge in [0.15, 0.2) is 0 Å². The molecule has 0 amide bonds. The largest absolute Gasteiger partial charge is 0.496 e. The minimum atomic E-state index is -1.09. The van der Waals surface area contributed by atoms with Crippen LogP contribution in [-0.4, -0.2) is 41.0 Å². The molecule has 21 heavy (non-hydrogen) atoms. The van der Waals surface area contributed by atoms with Crippen LogP contribution in [-0.2, 0) is 9.31 Å². The molecule has 1 N–H and O–H groups in total. The summed E-state index contributed by atoms with van der Waals surface area (Å²) in [5, 5.41) is 9.26. The Balaban J connectivity index is 2.34. The Labute approximate surface area is 124 Å². The van der Waals surface area contributed by atoms with Gasteiger partial charge in [-0.1, -0.05) is 0 Å². The van der Waals surface area contributed by atoms with Crippen molar-refractivity contribution in [3.63, 3.8) is 0 Å². The Morgan fingerprint density at radius 1 is 1.33 bits per heavy atom. The van der Waals surface area contributed by atoms with Gasteiger partial charge in [0, 0.05) is 11.7 Å². The van der Waals surface area contributed by atoms with Gasteiger partial charge >= 0.3 is 13.1 Å². The molecule has 0 bridgehead atoms. The number of carboxylic acids is 1. The van der Waals surface area contributed by atoms with E-state index in [0.29, 0.717) is 12.1 Å². The molecule has 1 aromatic rings. The van der Waals surface area contributed by atoms with Crippen molar-refractivity contribution in [1.29, 1.82) is 0 Å². The second-order valence-corrected chi connectivity index (χ2v) is 5.95. The molecule has 2 heterocycles. The average molecular weight is 293 g/mol. The summed E-state index contributed by atoms with van der Waals surface area (Å²) in [5.41, 5.74) is -0.405. The molecule has 1 fully saturated rings. The third kappa shape index (κ3) is 2.89. The van der Waals surface area contributed by atoms with Crippen LogP contribution >= 0.6 is 0 Å². The van der Waals surface area contributed by atoms with E-state index in [0.717, 1.165) is 0 Å². The molecule has 0 unspecified atom stereocenters. The third-order valence-corrected chi connectivity index (χ3v) is 3.91. The molecule has 6 nitrogen and oxygen atoms in total. The van der Waals surface area contributed by atoms with Crippen molar-refractivity contribution in [1.82, 2.24) is 4.98 Å². The number of carbonyl (C=O) groups is 1. The Bertz CT molecular complexity index is 542. The highest BCUT2D eigenvalue weighted by atomic mass is 16.7. The van der Waals surface area contributed by atoms with Gasteiger partial charge in [-0.25, -0.2) is 9.78 Å². The van der Waals surface area contributed by atoms with Crippen LogP contribution in [0.1, 0.15) is 45.0 Å². The van der Waals surface area contributed by atoms with Gasteiger partial charge in [-0.15, -0.1) is 0 Å². The Hall–Kier alpha value is -1.60. The zero-order valence-electron chi connectivity index (χ0n) is 13.0. The SMILES string of the molecule is CCOc1ncc(B2OC(C)(C)C(C)(C)O2)cc1C(=O)O. The van der Waals surface area contributed by atoms with E-state index < -0.39 is 24.3 Å². The molecule has 7 heteroatoms. The molecule has 114 valence electrons. The number of aromatic nitrogens is 1. The Morgan fingerprint density at radius 3 is 2.38 bits per heavy atom. The Morgan fingerprint density at radius 2 is 1.90 bits per heavy atom.